The summed E-state index contributed by atoms with van der Waals surface area (Å²) >= 11 is 0. The van der Waals surface area contributed by atoms with Gasteiger partial charge in [0, 0.05) is 27.2 Å². The van der Waals surface area contributed by atoms with Crippen LogP contribution in [0.2, 0.25) is 0 Å². The number of aromatic nitrogens is 2. The number of carbonyl (C=O) groups is 2. The maximum Gasteiger partial charge on any atom is 0.342 e. The molecule has 1 aromatic carbocycles. The smallest absolute Gasteiger partial charge is 0.342 e. The number of sulfonamides is 1. The van der Waals surface area contributed by atoms with Crippen LogP contribution in [0.15, 0.2) is 32.7 Å². The first-order valence-electron chi connectivity index (χ1n) is 10.9. The molecule has 0 saturated carbocycles. The summed E-state index contributed by atoms with van der Waals surface area (Å²) in [5.74, 6) is -2.25. The Morgan fingerprint density at radius 3 is 2.26 bits per heavy atom. The van der Waals surface area contributed by atoms with Gasteiger partial charge in [-0.15, -0.1) is 0 Å². The summed E-state index contributed by atoms with van der Waals surface area (Å²) in [6.07, 6.45) is 3.40. The first kappa shape index (κ1) is 26.2. The minimum atomic E-state index is -3.86. The van der Waals surface area contributed by atoms with Crippen LogP contribution in [0.5, 0.6) is 5.75 Å². The van der Waals surface area contributed by atoms with Crippen LogP contribution in [0.4, 0.5) is 5.82 Å². The van der Waals surface area contributed by atoms with Gasteiger partial charge in [0.05, 0.1) is 12.0 Å². The van der Waals surface area contributed by atoms with Crippen molar-refractivity contribution in [2.24, 2.45) is 14.1 Å². The van der Waals surface area contributed by atoms with E-state index >= 15 is 0 Å². The standard InChI is InChI=1S/C22H28N4O8S/c1-24-19(23)18(20(28)25(2)22(24)30)16(27)13-34-21(29)15-12-14(8-9-17(15)33-3)35(31,32)26-10-6-4-5-7-11-26/h8-9,12H,4-7,10-11,13,23H2,1-3H3. The number of nitrogen functional groups attached to an aromatic ring is 1. The molecular weight excluding hydrogens is 480 g/mol. The second-order valence-corrected chi connectivity index (χ2v) is 10.1. The van der Waals surface area contributed by atoms with Crippen molar-refractivity contribution in [1.82, 2.24) is 13.4 Å². The Balaban J connectivity index is 1.87. The molecule has 1 fully saturated rings. The van der Waals surface area contributed by atoms with E-state index in [0.29, 0.717) is 17.7 Å². The molecule has 2 N–H and O–H groups in total. The van der Waals surface area contributed by atoms with Gasteiger partial charge in [0.15, 0.2) is 6.61 Å². The van der Waals surface area contributed by atoms with Gasteiger partial charge in [-0.2, -0.15) is 4.31 Å². The number of methoxy groups -OCH3 is 1. The number of carbonyl (C=O) groups excluding carboxylic acids is 2. The zero-order valence-corrected chi connectivity index (χ0v) is 20.6. The summed E-state index contributed by atoms with van der Waals surface area (Å²) in [4.78, 5) is 49.6. The van der Waals surface area contributed by atoms with E-state index < -0.39 is 45.2 Å². The molecule has 2 aromatic rings. The first-order chi connectivity index (χ1) is 16.5. The molecule has 0 unspecified atom stereocenters. The van der Waals surface area contributed by atoms with E-state index in [-0.39, 0.29) is 22.0 Å². The Morgan fingerprint density at radius 2 is 1.66 bits per heavy atom. The third-order valence-electron chi connectivity index (χ3n) is 5.92. The van der Waals surface area contributed by atoms with Gasteiger partial charge < -0.3 is 15.2 Å². The van der Waals surface area contributed by atoms with Crippen molar-refractivity contribution in [3.63, 3.8) is 0 Å². The molecule has 1 aliphatic heterocycles. The number of benzene rings is 1. The van der Waals surface area contributed by atoms with Crippen LogP contribution in [0.3, 0.4) is 0 Å². The number of rotatable bonds is 7. The number of ketones is 1. The molecule has 0 spiro atoms. The topological polar surface area (TPSA) is 160 Å². The van der Waals surface area contributed by atoms with E-state index in [4.69, 9.17) is 15.2 Å². The van der Waals surface area contributed by atoms with Crippen molar-refractivity contribution < 1.29 is 27.5 Å². The summed E-state index contributed by atoms with van der Waals surface area (Å²) in [5, 5.41) is 0. The first-order valence-corrected chi connectivity index (χ1v) is 12.4. The van der Waals surface area contributed by atoms with Crippen molar-refractivity contribution in [2.75, 3.05) is 32.5 Å². The van der Waals surface area contributed by atoms with Crippen LogP contribution in [0.25, 0.3) is 0 Å². The monoisotopic (exact) mass is 508 g/mol. The second-order valence-electron chi connectivity index (χ2n) is 8.15. The van der Waals surface area contributed by atoms with Gasteiger partial charge in [0.25, 0.3) is 5.56 Å². The molecule has 0 atom stereocenters. The van der Waals surface area contributed by atoms with Crippen molar-refractivity contribution >= 4 is 27.6 Å². The molecule has 13 heteroatoms. The van der Waals surface area contributed by atoms with Gasteiger partial charge in [-0.05, 0) is 31.0 Å². The molecule has 35 heavy (non-hydrogen) atoms. The Kier molecular flexibility index (Phi) is 7.80. The lowest BCUT2D eigenvalue weighted by Crippen LogP contribution is -2.42. The Hall–Kier alpha value is -3.45. The summed E-state index contributed by atoms with van der Waals surface area (Å²) in [6, 6.07) is 3.82. The Morgan fingerprint density at radius 1 is 1.03 bits per heavy atom. The third-order valence-corrected chi connectivity index (χ3v) is 7.81. The predicted octanol–water partition coefficient (Wildman–Crippen LogP) is 0.279. The number of hydrogen-bond donors (Lipinski definition) is 1. The summed E-state index contributed by atoms with van der Waals surface area (Å²) < 4.78 is 39.5. The highest BCUT2D eigenvalue weighted by Crippen LogP contribution is 2.27. The minimum absolute atomic E-state index is 0.0507. The van der Waals surface area contributed by atoms with Crippen molar-refractivity contribution in [1.29, 1.82) is 0 Å². The largest absolute Gasteiger partial charge is 0.496 e. The van der Waals surface area contributed by atoms with Gasteiger partial charge in [-0.25, -0.2) is 18.0 Å². The number of nitrogens with two attached hydrogens (primary N) is 1. The van der Waals surface area contributed by atoms with Crippen LogP contribution in [0, 0.1) is 0 Å². The molecule has 190 valence electrons. The van der Waals surface area contributed by atoms with E-state index in [1.165, 1.54) is 37.6 Å². The minimum Gasteiger partial charge on any atom is -0.496 e. The Labute approximate surface area is 201 Å². The third kappa shape index (κ3) is 5.15. The molecule has 1 saturated heterocycles. The molecule has 0 radical (unpaired) electrons. The van der Waals surface area contributed by atoms with Crippen molar-refractivity contribution in [3.8, 4) is 5.75 Å². The van der Waals surface area contributed by atoms with Crippen LogP contribution in [-0.2, 0) is 28.9 Å². The van der Waals surface area contributed by atoms with Gasteiger partial charge >= 0.3 is 11.7 Å². The quantitative estimate of drug-likeness (QED) is 0.409. The molecule has 0 amide bonds. The highest BCUT2D eigenvalue weighted by molar-refractivity contribution is 7.89. The summed E-state index contributed by atoms with van der Waals surface area (Å²) in [5.41, 5.74) is 3.44. The number of nitrogens with zero attached hydrogens (tertiary/aromatic N) is 3. The van der Waals surface area contributed by atoms with Crippen molar-refractivity contribution in [2.45, 2.75) is 30.6 Å². The number of esters is 1. The lowest BCUT2D eigenvalue weighted by molar-refractivity contribution is 0.0470. The van der Waals surface area contributed by atoms with Crippen LogP contribution in [0.1, 0.15) is 46.4 Å². The number of anilines is 1. The zero-order chi connectivity index (χ0) is 25.9. The van der Waals surface area contributed by atoms with Gasteiger partial charge in [-0.1, -0.05) is 12.8 Å². The summed E-state index contributed by atoms with van der Waals surface area (Å²) in [6.45, 7) is -0.0834. The van der Waals surface area contributed by atoms with Crippen LogP contribution in [-0.4, -0.2) is 60.4 Å². The SMILES string of the molecule is COc1ccc(S(=O)(=O)N2CCCCCC2)cc1C(=O)OCC(=O)c1c(N)n(C)c(=O)n(C)c1=O. The lowest BCUT2D eigenvalue weighted by atomic mass is 10.2. The van der Waals surface area contributed by atoms with Crippen molar-refractivity contribution in [3.05, 3.63) is 50.2 Å². The fourth-order valence-corrected chi connectivity index (χ4v) is 5.39. The fraction of sp³-hybridized carbons (Fsp3) is 0.455. The highest BCUT2D eigenvalue weighted by atomic mass is 32.2. The average Bonchev–Trinajstić information content (AvgIpc) is 3.15. The zero-order valence-electron chi connectivity index (χ0n) is 19.8. The number of Topliss-reactive ketones (excluding diaryl/α,β-unsaturated/α-hetero) is 1. The van der Waals surface area contributed by atoms with Crippen LogP contribution >= 0.6 is 0 Å². The predicted molar refractivity (Wildman–Crippen MR) is 126 cm³/mol. The maximum absolute atomic E-state index is 13.1. The average molecular weight is 509 g/mol. The van der Waals surface area contributed by atoms with Crippen LogP contribution < -0.4 is 21.7 Å². The van der Waals surface area contributed by atoms with Gasteiger partial charge in [0.1, 0.15) is 22.7 Å². The number of hydrogen-bond acceptors (Lipinski definition) is 9. The maximum atomic E-state index is 13.1. The molecule has 3 rings (SSSR count). The molecular formula is C22H28N4O8S. The molecule has 12 nitrogen and oxygen atoms in total. The lowest BCUT2D eigenvalue weighted by Gasteiger charge is -2.20. The molecule has 1 aromatic heterocycles. The fourth-order valence-electron chi connectivity index (χ4n) is 3.84. The highest BCUT2D eigenvalue weighted by Gasteiger charge is 2.28. The van der Waals surface area contributed by atoms with Gasteiger partial charge in [-0.3, -0.25) is 18.7 Å². The second kappa shape index (κ2) is 10.4. The van der Waals surface area contributed by atoms with Gasteiger partial charge in [0.2, 0.25) is 15.8 Å². The van der Waals surface area contributed by atoms with E-state index in [0.717, 1.165) is 36.3 Å². The van der Waals surface area contributed by atoms with E-state index in [1.807, 2.05) is 0 Å². The number of ether oxygens (including phenoxy) is 2. The normalized spacial score (nSPS) is 14.8. The Bertz CT molecular complexity index is 1370. The van der Waals surface area contributed by atoms with E-state index in [9.17, 15) is 27.6 Å². The molecule has 1 aliphatic rings. The molecule has 0 aliphatic carbocycles. The van der Waals surface area contributed by atoms with E-state index in [2.05, 4.69) is 0 Å². The molecule has 2 heterocycles. The summed E-state index contributed by atoms with van der Waals surface area (Å²) in [7, 11) is -0.0735. The van der Waals surface area contributed by atoms with E-state index in [1.54, 1.807) is 0 Å². The molecule has 0 bridgehead atoms.